The van der Waals surface area contributed by atoms with Crippen molar-refractivity contribution in [1.82, 2.24) is 14.8 Å². The van der Waals surface area contributed by atoms with E-state index in [1.54, 1.807) is 12.0 Å². The van der Waals surface area contributed by atoms with Crippen LogP contribution in [-0.2, 0) is 32.0 Å². The van der Waals surface area contributed by atoms with Crippen LogP contribution in [0.2, 0.25) is 0 Å². The molecule has 3 rings (SSSR count). The minimum absolute atomic E-state index is 0.0313. The molecule has 188 valence electrons. The third-order valence-corrected chi connectivity index (χ3v) is 5.80. The Morgan fingerprint density at radius 1 is 0.914 bits per heavy atom. The molecule has 1 N–H and O–H groups in total. The van der Waals surface area contributed by atoms with Gasteiger partial charge >= 0.3 is 0 Å². The van der Waals surface area contributed by atoms with Gasteiger partial charge in [0.1, 0.15) is 12.4 Å². The van der Waals surface area contributed by atoms with Crippen molar-refractivity contribution in [3.63, 3.8) is 0 Å². The lowest BCUT2D eigenvalue weighted by Gasteiger charge is -2.28. The predicted molar refractivity (Wildman–Crippen MR) is 135 cm³/mol. The topological polar surface area (TPSA) is 84.1 Å². The maximum atomic E-state index is 13.4. The Hall–Kier alpha value is -3.36. The van der Waals surface area contributed by atoms with Gasteiger partial charge in [-0.1, -0.05) is 30.3 Å². The van der Waals surface area contributed by atoms with E-state index in [2.05, 4.69) is 11.1 Å². The van der Waals surface area contributed by atoms with Gasteiger partial charge in [-0.3, -0.25) is 9.59 Å². The van der Waals surface area contributed by atoms with Crippen molar-refractivity contribution in [3.8, 4) is 5.75 Å². The number of aromatic nitrogens is 1. The molecule has 2 aromatic carbocycles. The van der Waals surface area contributed by atoms with Gasteiger partial charge in [0.15, 0.2) is 0 Å². The number of para-hydroxylation sites is 1. The SMILES string of the molecule is CCOc1ccc(CN(CCc2c[nH]c3ccccc23)C(=O)CN(CCOC)C(=O)COC)cc1. The minimum atomic E-state index is -0.240. The second kappa shape index (κ2) is 13.5. The van der Waals surface area contributed by atoms with Gasteiger partial charge in [0.25, 0.3) is 0 Å². The van der Waals surface area contributed by atoms with Gasteiger partial charge in [-0.2, -0.15) is 0 Å². The van der Waals surface area contributed by atoms with Gasteiger partial charge in [0.2, 0.25) is 11.8 Å². The van der Waals surface area contributed by atoms with Crippen molar-refractivity contribution in [2.75, 3.05) is 53.7 Å². The summed E-state index contributed by atoms with van der Waals surface area (Å²) < 4.78 is 15.7. The summed E-state index contributed by atoms with van der Waals surface area (Å²) >= 11 is 0. The molecule has 0 radical (unpaired) electrons. The van der Waals surface area contributed by atoms with E-state index in [1.165, 1.54) is 12.0 Å². The first-order valence-corrected chi connectivity index (χ1v) is 11.9. The van der Waals surface area contributed by atoms with Crippen LogP contribution in [0.5, 0.6) is 5.75 Å². The molecule has 3 aromatic rings. The lowest BCUT2D eigenvalue weighted by molar-refractivity contribution is -0.143. The highest BCUT2D eigenvalue weighted by Gasteiger charge is 2.22. The fourth-order valence-corrected chi connectivity index (χ4v) is 3.94. The number of rotatable bonds is 14. The molecule has 8 nitrogen and oxygen atoms in total. The van der Waals surface area contributed by atoms with Gasteiger partial charge in [-0.25, -0.2) is 0 Å². The van der Waals surface area contributed by atoms with Crippen LogP contribution in [0.3, 0.4) is 0 Å². The molecule has 0 spiro atoms. The first kappa shape index (κ1) is 26.2. The molecule has 0 atom stereocenters. The quantitative estimate of drug-likeness (QED) is 0.382. The number of carbonyl (C=O) groups is 2. The summed E-state index contributed by atoms with van der Waals surface area (Å²) in [5.74, 6) is 0.429. The standard InChI is InChI=1S/C27H35N3O5/c1-4-35-23-11-9-21(10-12-23)18-29(14-13-22-17-28-25-8-6-5-7-24(22)25)26(31)19-30(15-16-33-2)27(32)20-34-3/h5-12,17,28H,4,13-16,18-20H2,1-3H3. The first-order chi connectivity index (χ1) is 17.0. The number of ether oxygens (including phenoxy) is 3. The van der Waals surface area contributed by atoms with Crippen molar-refractivity contribution in [3.05, 3.63) is 65.9 Å². The zero-order chi connectivity index (χ0) is 25.0. The molecule has 0 fully saturated rings. The fourth-order valence-electron chi connectivity index (χ4n) is 3.94. The van der Waals surface area contributed by atoms with E-state index < -0.39 is 0 Å². The van der Waals surface area contributed by atoms with Crippen LogP contribution in [0.25, 0.3) is 10.9 Å². The third-order valence-electron chi connectivity index (χ3n) is 5.80. The summed E-state index contributed by atoms with van der Waals surface area (Å²) in [6, 6.07) is 15.9. The molecule has 0 aliphatic carbocycles. The van der Waals surface area contributed by atoms with E-state index in [0.29, 0.717) is 39.3 Å². The molecular formula is C27H35N3O5. The van der Waals surface area contributed by atoms with E-state index in [-0.39, 0.29) is 25.0 Å². The summed E-state index contributed by atoms with van der Waals surface area (Å²) in [7, 11) is 3.04. The number of methoxy groups -OCH3 is 2. The predicted octanol–water partition coefficient (Wildman–Crippen LogP) is 3.26. The number of H-pyrrole nitrogens is 1. The Labute approximate surface area is 206 Å². The lowest BCUT2D eigenvalue weighted by Crippen LogP contribution is -2.45. The second-order valence-electron chi connectivity index (χ2n) is 8.24. The van der Waals surface area contributed by atoms with Crippen molar-refractivity contribution in [2.24, 2.45) is 0 Å². The third kappa shape index (κ3) is 7.56. The van der Waals surface area contributed by atoms with Crippen LogP contribution in [0.1, 0.15) is 18.1 Å². The maximum absolute atomic E-state index is 13.4. The maximum Gasteiger partial charge on any atom is 0.249 e. The molecule has 0 saturated carbocycles. The molecule has 0 aliphatic rings. The normalized spacial score (nSPS) is 10.9. The second-order valence-corrected chi connectivity index (χ2v) is 8.24. The highest BCUT2D eigenvalue weighted by atomic mass is 16.5. The molecule has 0 unspecified atom stereocenters. The van der Waals surface area contributed by atoms with Crippen LogP contribution in [-0.4, -0.2) is 80.3 Å². The summed E-state index contributed by atoms with van der Waals surface area (Å²) in [5.41, 5.74) is 3.21. The number of carbonyl (C=O) groups excluding carboxylic acids is 2. The Morgan fingerprint density at radius 2 is 1.69 bits per heavy atom. The van der Waals surface area contributed by atoms with Crippen LogP contribution in [0, 0.1) is 0 Å². The Kier molecular flexibility index (Phi) is 10.1. The Balaban J connectivity index is 1.76. The van der Waals surface area contributed by atoms with Gasteiger partial charge in [-0.15, -0.1) is 0 Å². The van der Waals surface area contributed by atoms with E-state index >= 15 is 0 Å². The number of fused-ring (bicyclic) bond motifs is 1. The Morgan fingerprint density at radius 3 is 2.40 bits per heavy atom. The van der Waals surface area contributed by atoms with Crippen molar-refractivity contribution < 1.29 is 23.8 Å². The molecule has 35 heavy (non-hydrogen) atoms. The largest absolute Gasteiger partial charge is 0.494 e. The van der Waals surface area contributed by atoms with Crippen LogP contribution < -0.4 is 4.74 Å². The van der Waals surface area contributed by atoms with Crippen LogP contribution in [0.15, 0.2) is 54.7 Å². The van der Waals surface area contributed by atoms with E-state index in [1.807, 2.05) is 55.6 Å². The van der Waals surface area contributed by atoms with E-state index in [0.717, 1.165) is 27.8 Å². The fraction of sp³-hybridized carbons (Fsp3) is 0.407. The van der Waals surface area contributed by atoms with Crippen LogP contribution >= 0.6 is 0 Å². The molecule has 2 amide bonds. The molecule has 1 heterocycles. The monoisotopic (exact) mass is 481 g/mol. The average molecular weight is 482 g/mol. The smallest absolute Gasteiger partial charge is 0.249 e. The Bertz CT molecular complexity index is 1080. The molecule has 8 heteroatoms. The lowest BCUT2D eigenvalue weighted by atomic mass is 10.1. The molecule has 0 aliphatic heterocycles. The van der Waals surface area contributed by atoms with Gasteiger partial charge in [0.05, 0.1) is 19.8 Å². The summed E-state index contributed by atoms with van der Waals surface area (Å²) in [4.78, 5) is 32.5. The highest BCUT2D eigenvalue weighted by Crippen LogP contribution is 2.19. The number of nitrogens with one attached hydrogen (secondary N) is 1. The molecule has 1 aromatic heterocycles. The number of hydrogen-bond donors (Lipinski definition) is 1. The van der Waals surface area contributed by atoms with E-state index in [4.69, 9.17) is 14.2 Å². The average Bonchev–Trinajstić information content (AvgIpc) is 3.28. The van der Waals surface area contributed by atoms with Gasteiger partial charge < -0.3 is 29.0 Å². The van der Waals surface area contributed by atoms with Gasteiger partial charge in [0, 0.05) is 51.0 Å². The van der Waals surface area contributed by atoms with Crippen molar-refractivity contribution >= 4 is 22.7 Å². The number of nitrogens with zero attached hydrogens (tertiary/aromatic N) is 2. The molecule has 0 bridgehead atoms. The van der Waals surface area contributed by atoms with Gasteiger partial charge in [-0.05, 0) is 42.7 Å². The molecule has 0 saturated heterocycles. The summed E-state index contributed by atoms with van der Waals surface area (Å²) in [6.07, 6.45) is 2.69. The minimum Gasteiger partial charge on any atom is -0.494 e. The number of benzene rings is 2. The number of hydrogen-bond acceptors (Lipinski definition) is 5. The number of amides is 2. The van der Waals surface area contributed by atoms with Crippen molar-refractivity contribution in [2.45, 2.75) is 19.9 Å². The van der Waals surface area contributed by atoms with E-state index in [9.17, 15) is 9.59 Å². The van der Waals surface area contributed by atoms with Crippen molar-refractivity contribution in [1.29, 1.82) is 0 Å². The van der Waals surface area contributed by atoms with Crippen LogP contribution in [0.4, 0.5) is 0 Å². The summed E-state index contributed by atoms with van der Waals surface area (Å²) in [5, 5.41) is 1.15. The highest BCUT2D eigenvalue weighted by molar-refractivity contribution is 5.86. The zero-order valence-corrected chi connectivity index (χ0v) is 20.8. The number of aromatic amines is 1. The first-order valence-electron chi connectivity index (χ1n) is 11.9. The summed E-state index contributed by atoms with van der Waals surface area (Å²) in [6.45, 7) is 4.05. The molecular weight excluding hydrogens is 446 g/mol. The zero-order valence-electron chi connectivity index (χ0n) is 20.8.